The Bertz CT molecular complexity index is 358. The van der Waals surface area contributed by atoms with Crippen molar-refractivity contribution in [3.63, 3.8) is 0 Å². The van der Waals surface area contributed by atoms with Crippen LogP contribution in [0.5, 0.6) is 0 Å². The Hall–Kier alpha value is -0.950. The number of nitrogens with zero attached hydrogens (tertiary/aromatic N) is 1. The van der Waals surface area contributed by atoms with Crippen molar-refractivity contribution in [1.29, 1.82) is 0 Å². The second-order valence-corrected chi connectivity index (χ2v) is 6.38. The highest BCUT2D eigenvalue weighted by molar-refractivity contribution is 8.00. The molecule has 108 valence electrons. The number of urea groups is 1. The maximum Gasteiger partial charge on any atom is 0.332 e. The van der Waals surface area contributed by atoms with E-state index < -0.39 is 11.5 Å². The van der Waals surface area contributed by atoms with Gasteiger partial charge in [-0.05, 0) is 6.42 Å². The predicted molar refractivity (Wildman–Crippen MR) is 72.4 cm³/mol. The first kappa shape index (κ1) is 14.5. The molecular weight excluding hydrogens is 268 g/mol. The van der Waals surface area contributed by atoms with Gasteiger partial charge in [-0.25, -0.2) is 9.59 Å². The maximum absolute atomic E-state index is 12.2. The van der Waals surface area contributed by atoms with Gasteiger partial charge in [0.15, 0.2) is 5.54 Å². The molecule has 2 aliphatic heterocycles. The van der Waals surface area contributed by atoms with Crippen molar-refractivity contribution in [2.45, 2.75) is 30.6 Å². The number of hydrogen-bond donors (Lipinski definition) is 2. The Morgan fingerprint density at radius 2 is 2.37 bits per heavy atom. The van der Waals surface area contributed by atoms with Gasteiger partial charge in [0.1, 0.15) is 0 Å². The summed E-state index contributed by atoms with van der Waals surface area (Å²) in [5, 5.41) is 12.4. The fourth-order valence-electron chi connectivity index (χ4n) is 2.32. The fourth-order valence-corrected chi connectivity index (χ4v) is 3.50. The first-order chi connectivity index (χ1) is 9.07. The second-order valence-electron chi connectivity index (χ2n) is 4.97. The second kappa shape index (κ2) is 6.00. The summed E-state index contributed by atoms with van der Waals surface area (Å²) in [4.78, 5) is 25.3. The normalized spacial score (nSPS) is 31.2. The topological polar surface area (TPSA) is 78.9 Å². The smallest absolute Gasteiger partial charge is 0.332 e. The van der Waals surface area contributed by atoms with Crippen LogP contribution in [0.2, 0.25) is 0 Å². The maximum atomic E-state index is 12.2. The summed E-state index contributed by atoms with van der Waals surface area (Å²) in [7, 11) is 0. The van der Waals surface area contributed by atoms with Crippen LogP contribution in [0.25, 0.3) is 0 Å². The molecule has 2 saturated heterocycles. The Morgan fingerprint density at radius 1 is 1.58 bits per heavy atom. The van der Waals surface area contributed by atoms with Gasteiger partial charge in [-0.3, -0.25) is 0 Å². The van der Waals surface area contributed by atoms with Gasteiger partial charge in [0, 0.05) is 37.1 Å². The quantitative estimate of drug-likeness (QED) is 0.802. The van der Waals surface area contributed by atoms with Crippen molar-refractivity contribution in [3.05, 3.63) is 0 Å². The lowest BCUT2D eigenvalue weighted by Gasteiger charge is -2.34. The third-order valence-electron chi connectivity index (χ3n) is 3.66. The van der Waals surface area contributed by atoms with Gasteiger partial charge in [-0.15, -0.1) is 0 Å². The standard InChI is InChI=1S/C12H20N2O4S/c1-2-9-7-14(4-6-19-9)11(17)13-12(10(15)16)3-5-18-8-12/h9H,2-8H2,1H3,(H,13,17)(H,15,16). The Balaban J connectivity index is 1.97. The van der Waals surface area contributed by atoms with Crippen LogP contribution in [0.3, 0.4) is 0 Å². The van der Waals surface area contributed by atoms with Crippen molar-refractivity contribution < 1.29 is 19.4 Å². The molecule has 0 aliphatic carbocycles. The van der Waals surface area contributed by atoms with Gasteiger partial charge >= 0.3 is 12.0 Å². The summed E-state index contributed by atoms with van der Waals surface area (Å²) in [5.74, 6) is -0.112. The van der Waals surface area contributed by atoms with Crippen LogP contribution in [0.15, 0.2) is 0 Å². The Kier molecular flexibility index (Phi) is 4.57. The van der Waals surface area contributed by atoms with Crippen molar-refractivity contribution in [2.75, 3.05) is 32.1 Å². The monoisotopic (exact) mass is 288 g/mol. The summed E-state index contributed by atoms with van der Waals surface area (Å²) in [5.41, 5.74) is -1.25. The predicted octanol–water partition coefficient (Wildman–Crippen LogP) is 0.767. The van der Waals surface area contributed by atoms with Crippen LogP contribution in [0.4, 0.5) is 4.79 Å². The van der Waals surface area contributed by atoms with Crippen LogP contribution in [-0.4, -0.2) is 64.9 Å². The van der Waals surface area contributed by atoms with E-state index in [1.807, 2.05) is 11.8 Å². The van der Waals surface area contributed by atoms with E-state index in [0.717, 1.165) is 12.2 Å². The Labute approximate surface area is 116 Å². The number of carbonyl (C=O) groups excluding carboxylic acids is 1. The summed E-state index contributed by atoms with van der Waals surface area (Å²) in [6, 6.07) is -0.286. The molecular formula is C12H20N2O4S. The van der Waals surface area contributed by atoms with Gasteiger partial charge in [0.2, 0.25) is 0 Å². The molecule has 7 heteroatoms. The van der Waals surface area contributed by atoms with Crippen LogP contribution in [-0.2, 0) is 9.53 Å². The number of carboxylic acid groups (broad SMARTS) is 1. The molecule has 2 amide bonds. The average Bonchev–Trinajstić information content (AvgIpc) is 2.88. The van der Waals surface area contributed by atoms with Gasteiger partial charge in [-0.1, -0.05) is 6.92 Å². The van der Waals surface area contributed by atoms with Crippen molar-refractivity contribution in [3.8, 4) is 0 Å². The van der Waals surface area contributed by atoms with Crippen LogP contribution in [0.1, 0.15) is 19.8 Å². The van der Waals surface area contributed by atoms with Gasteiger partial charge < -0.3 is 20.1 Å². The van der Waals surface area contributed by atoms with E-state index in [4.69, 9.17) is 4.74 Å². The van der Waals surface area contributed by atoms with E-state index in [0.29, 0.717) is 31.4 Å². The fraction of sp³-hybridized carbons (Fsp3) is 0.833. The molecule has 0 aromatic rings. The average molecular weight is 288 g/mol. The highest BCUT2D eigenvalue weighted by Gasteiger charge is 2.45. The molecule has 2 aliphatic rings. The van der Waals surface area contributed by atoms with Gasteiger partial charge in [0.25, 0.3) is 0 Å². The van der Waals surface area contributed by atoms with E-state index in [-0.39, 0.29) is 12.6 Å². The number of carbonyl (C=O) groups is 2. The third kappa shape index (κ3) is 3.14. The summed E-state index contributed by atoms with van der Waals surface area (Å²) in [6.07, 6.45) is 1.34. The zero-order valence-electron chi connectivity index (χ0n) is 11.1. The number of aliphatic carboxylic acids is 1. The van der Waals surface area contributed by atoms with Gasteiger partial charge in [-0.2, -0.15) is 11.8 Å². The number of carboxylic acids is 1. The van der Waals surface area contributed by atoms with E-state index in [9.17, 15) is 14.7 Å². The molecule has 2 fully saturated rings. The molecule has 0 bridgehead atoms. The number of amides is 2. The number of rotatable bonds is 3. The first-order valence-electron chi connectivity index (χ1n) is 6.57. The molecule has 0 radical (unpaired) electrons. The van der Waals surface area contributed by atoms with Crippen LogP contribution >= 0.6 is 11.8 Å². The molecule has 2 N–H and O–H groups in total. The van der Waals surface area contributed by atoms with Gasteiger partial charge in [0.05, 0.1) is 6.61 Å². The first-order valence-corrected chi connectivity index (χ1v) is 7.62. The zero-order chi connectivity index (χ0) is 13.9. The van der Waals surface area contributed by atoms with Crippen molar-refractivity contribution in [2.24, 2.45) is 0 Å². The summed E-state index contributed by atoms with van der Waals surface area (Å²) in [6.45, 7) is 3.88. The van der Waals surface area contributed by atoms with E-state index in [1.54, 1.807) is 4.90 Å². The number of hydrogen-bond acceptors (Lipinski definition) is 4. The third-order valence-corrected chi connectivity index (χ3v) is 5.03. The van der Waals surface area contributed by atoms with Crippen LogP contribution in [0, 0.1) is 0 Å². The van der Waals surface area contributed by atoms with E-state index in [1.165, 1.54) is 0 Å². The molecule has 2 atom stereocenters. The summed E-state index contributed by atoms with van der Waals surface area (Å²) < 4.78 is 5.13. The molecule has 19 heavy (non-hydrogen) atoms. The number of ether oxygens (including phenoxy) is 1. The molecule has 0 aromatic carbocycles. The highest BCUT2D eigenvalue weighted by Crippen LogP contribution is 2.23. The molecule has 2 rings (SSSR count). The van der Waals surface area contributed by atoms with Crippen LogP contribution < -0.4 is 5.32 Å². The molecule has 0 spiro atoms. The molecule has 0 saturated carbocycles. The van der Waals surface area contributed by atoms with Crippen molar-refractivity contribution in [1.82, 2.24) is 10.2 Å². The lowest BCUT2D eigenvalue weighted by molar-refractivity contribution is -0.144. The van der Waals surface area contributed by atoms with E-state index in [2.05, 4.69) is 12.2 Å². The SMILES string of the molecule is CCC1CN(C(=O)NC2(C(=O)O)CCOC2)CCS1. The molecule has 0 aromatic heterocycles. The van der Waals surface area contributed by atoms with E-state index >= 15 is 0 Å². The Morgan fingerprint density at radius 3 is 2.95 bits per heavy atom. The highest BCUT2D eigenvalue weighted by atomic mass is 32.2. The lowest BCUT2D eigenvalue weighted by atomic mass is 9.99. The number of nitrogens with one attached hydrogen (secondary N) is 1. The minimum atomic E-state index is -1.25. The lowest BCUT2D eigenvalue weighted by Crippen LogP contribution is -2.59. The molecule has 2 unspecified atom stereocenters. The molecule has 2 heterocycles. The van der Waals surface area contributed by atoms with Crippen molar-refractivity contribution >= 4 is 23.8 Å². The largest absolute Gasteiger partial charge is 0.479 e. The summed E-state index contributed by atoms with van der Waals surface area (Å²) >= 11 is 1.87. The minimum absolute atomic E-state index is 0.0495. The zero-order valence-corrected chi connectivity index (χ0v) is 11.9. The minimum Gasteiger partial charge on any atom is -0.479 e. The molecule has 6 nitrogen and oxygen atoms in total. The number of thioether (sulfide) groups is 1.